The summed E-state index contributed by atoms with van der Waals surface area (Å²) in [6.07, 6.45) is -0.493. The highest BCUT2D eigenvalue weighted by Crippen LogP contribution is 2.37. The predicted octanol–water partition coefficient (Wildman–Crippen LogP) is 2.70. The molecule has 1 atom stereocenters. The molecule has 0 spiro atoms. The molecule has 0 bridgehead atoms. The maximum atomic E-state index is 14.3. The van der Waals surface area contributed by atoms with E-state index in [-0.39, 0.29) is 21.1 Å². The molecule has 5 N–H and O–H groups in total. The molecule has 180 valence electrons. The summed E-state index contributed by atoms with van der Waals surface area (Å²) in [7, 11) is -4.23. The molecule has 33 heavy (non-hydrogen) atoms. The molecule has 2 aromatic heterocycles. The van der Waals surface area contributed by atoms with Crippen molar-refractivity contribution in [3.8, 4) is 0 Å². The Morgan fingerprint density at radius 2 is 1.97 bits per heavy atom. The molecule has 0 saturated carbocycles. The second kappa shape index (κ2) is 9.33. The largest absolute Gasteiger partial charge is 0.385 e. The summed E-state index contributed by atoms with van der Waals surface area (Å²) in [5, 5.41) is 10.0. The molecule has 1 aliphatic rings. The van der Waals surface area contributed by atoms with Gasteiger partial charge in [-0.25, -0.2) is 21.6 Å². The number of thiophene rings is 1. The van der Waals surface area contributed by atoms with Crippen LogP contribution < -0.4 is 20.9 Å². The molecule has 13 heteroatoms. The lowest BCUT2D eigenvalue weighted by Crippen LogP contribution is -2.31. The van der Waals surface area contributed by atoms with Gasteiger partial charge in [0.05, 0.1) is 23.8 Å². The first-order valence-corrected chi connectivity index (χ1v) is 12.1. The van der Waals surface area contributed by atoms with Gasteiger partial charge in [-0.1, -0.05) is 13.8 Å². The van der Waals surface area contributed by atoms with Crippen LogP contribution in [0.4, 0.5) is 23.9 Å². The molecule has 3 heterocycles. The minimum Gasteiger partial charge on any atom is -0.385 e. The van der Waals surface area contributed by atoms with Crippen LogP contribution >= 0.6 is 11.3 Å². The SMILES string of the molecule is CC(C)N.O=c1[nH]ccc2cc(F)c(NS(=O)(=O)c3ccc(N4C[C@@H](O)C(F)(F)C4)s3)cc12. The molecule has 0 radical (unpaired) electrons. The van der Waals surface area contributed by atoms with Crippen molar-refractivity contribution in [1.82, 2.24) is 4.98 Å². The number of halogens is 3. The maximum absolute atomic E-state index is 14.3. The number of pyridine rings is 1. The standard InChI is InChI=1S/C17H14F3N3O4S2.C3H9N/c18-11-5-9-3-4-21-16(25)10(9)6-12(11)22-29(26,27)15-2-1-14(28-15)23-7-13(24)17(19,20)8-23;1-3(2)4/h1-6,13,22,24H,7-8H2,(H,21,25);3H,4H2,1-2H3/t13-;/m1./s1. The van der Waals surface area contributed by atoms with Crippen molar-refractivity contribution >= 4 is 42.8 Å². The van der Waals surface area contributed by atoms with E-state index >= 15 is 0 Å². The van der Waals surface area contributed by atoms with Gasteiger partial charge < -0.3 is 20.7 Å². The molecule has 4 rings (SSSR count). The van der Waals surface area contributed by atoms with Gasteiger partial charge in [0.2, 0.25) is 0 Å². The highest BCUT2D eigenvalue weighted by Gasteiger charge is 2.47. The number of aliphatic hydroxyl groups excluding tert-OH is 1. The van der Waals surface area contributed by atoms with E-state index in [1.54, 1.807) is 0 Å². The zero-order valence-corrected chi connectivity index (χ0v) is 19.3. The molecule has 1 aliphatic heterocycles. The second-order valence-electron chi connectivity index (χ2n) is 7.83. The molecule has 0 unspecified atom stereocenters. The number of H-pyrrole nitrogens is 1. The third-order valence-electron chi connectivity index (χ3n) is 4.53. The number of aromatic amines is 1. The van der Waals surface area contributed by atoms with Gasteiger partial charge >= 0.3 is 0 Å². The van der Waals surface area contributed by atoms with E-state index in [0.29, 0.717) is 22.8 Å². The van der Waals surface area contributed by atoms with Crippen LogP contribution in [-0.4, -0.2) is 49.7 Å². The number of nitrogens with one attached hydrogen (secondary N) is 2. The lowest BCUT2D eigenvalue weighted by molar-refractivity contribution is -0.0711. The Hall–Kier alpha value is -2.61. The van der Waals surface area contributed by atoms with Crippen LogP contribution in [0.25, 0.3) is 10.8 Å². The van der Waals surface area contributed by atoms with Crippen LogP contribution in [0.3, 0.4) is 0 Å². The average molecular weight is 505 g/mol. The lowest BCUT2D eigenvalue weighted by Gasteiger charge is -2.14. The lowest BCUT2D eigenvalue weighted by atomic mass is 10.1. The van der Waals surface area contributed by atoms with Crippen LogP contribution in [0, 0.1) is 5.82 Å². The Labute approximate surface area is 191 Å². The molecule has 0 aliphatic carbocycles. The Kier molecular flexibility index (Phi) is 7.07. The van der Waals surface area contributed by atoms with E-state index in [0.717, 1.165) is 12.1 Å². The van der Waals surface area contributed by atoms with Gasteiger partial charge in [-0.15, -0.1) is 11.3 Å². The van der Waals surface area contributed by atoms with E-state index in [1.165, 1.54) is 29.3 Å². The van der Waals surface area contributed by atoms with Crippen molar-refractivity contribution in [2.24, 2.45) is 5.73 Å². The smallest absolute Gasteiger partial charge is 0.292 e. The van der Waals surface area contributed by atoms with Gasteiger partial charge in [0, 0.05) is 11.6 Å². The summed E-state index contributed by atoms with van der Waals surface area (Å²) in [5.74, 6) is -4.16. The molecule has 3 aromatic rings. The van der Waals surface area contributed by atoms with Crippen LogP contribution in [-0.2, 0) is 10.0 Å². The van der Waals surface area contributed by atoms with Crippen molar-refractivity contribution in [3.05, 3.63) is 52.7 Å². The van der Waals surface area contributed by atoms with Crippen LogP contribution in [0.15, 0.2) is 45.5 Å². The number of benzene rings is 1. The number of anilines is 2. The maximum Gasteiger partial charge on any atom is 0.292 e. The minimum absolute atomic E-state index is 0.103. The zero-order chi connectivity index (χ0) is 24.6. The molecule has 1 aromatic carbocycles. The number of hydrogen-bond donors (Lipinski definition) is 4. The van der Waals surface area contributed by atoms with Gasteiger partial charge in [0.15, 0.2) is 0 Å². The molecule has 1 saturated heterocycles. The summed E-state index contributed by atoms with van der Waals surface area (Å²) in [6, 6.07) is 6.48. The van der Waals surface area contributed by atoms with E-state index in [2.05, 4.69) is 9.71 Å². The number of alkyl halides is 2. The van der Waals surface area contributed by atoms with Crippen LogP contribution in [0.2, 0.25) is 0 Å². The zero-order valence-electron chi connectivity index (χ0n) is 17.7. The summed E-state index contributed by atoms with van der Waals surface area (Å²) in [6.45, 7) is 2.83. The number of nitrogens with two attached hydrogens (primary N) is 1. The predicted molar refractivity (Wildman–Crippen MR) is 122 cm³/mol. The van der Waals surface area contributed by atoms with Gasteiger partial charge in [0.1, 0.15) is 16.1 Å². The Bertz CT molecular complexity index is 1310. The first-order valence-electron chi connectivity index (χ1n) is 9.80. The average Bonchev–Trinajstić information content (AvgIpc) is 3.28. The van der Waals surface area contributed by atoms with Crippen molar-refractivity contribution in [2.45, 2.75) is 36.1 Å². The first-order chi connectivity index (χ1) is 15.3. The van der Waals surface area contributed by atoms with E-state index in [9.17, 15) is 31.5 Å². The fraction of sp³-hybridized carbons (Fsp3) is 0.350. The highest BCUT2D eigenvalue weighted by molar-refractivity contribution is 7.94. The fourth-order valence-electron chi connectivity index (χ4n) is 3.04. The number of fused-ring (bicyclic) bond motifs is 1. The normalized spacial score (nSPS) is 17.8. The molecule has 8 nitrogen and oxygen atoms in total. The second-order valence-corrected chi connectivity index (χ2v) is 10.8. The van der Waals surface area contributed by atoms with Gasteiger partial charge in [-0.3, -0.25) is 9.52 Å². The van der Waals surface area contributed by atoms with Gasteiger partial charge in [-0.2, -0.15) is 0 Å². The summed E-state index contributed by atoms with van der Waals surface area (Å²) < 4.78 is 68.5. The number of aromatic nitrogens is 1. The van der Waals surface area contributed by atoms with Crippen LogP contribution in [0.1, 0.15) is 13.8 Å². The number of β-amino-alcohol motifs (C(OH)–C–C–N with tert-alkyl or cyclic N) is 1. The van der Waals surface area contributed by atoms with Crippen LogP contribution in [0.5, 0.6) is 0 Å². The van der Waals surface area contributed by atoms with Crippen molar-refractivity contribution in [3.63, 3.8) is 0 Å². The Morgan fingerprint density at radius 3 is 2.58 bits per heavy atom. The summed E-state index contributed by atoms with van der Waals surface area (Å²) >= 11 is 0.712. The molecule has 1 fully saturated rings. The van der Waals surface area contributed by atoms with Crippen molar-refractivity contribution < 1.29 is 26.7 Å². The Balaban J connectivity index is 0.000000709. The number of rotatable bonds is 4. The van der Waals surface area contributed by atoms with Crippen molar-refractivity contribution in [1.29, 1.82) is 0 Å². The minimum atomic E-state index is -4.23. The number of nitrogens with zero attached hydrogens (tertiary/aromatic N) is 1. The summed E-state index contributed by atoms with van der Waals surface area (Å²) in [4.78, 5) is 15.5. The molecular formula is C20H23F3N4O4S2. The first kappa shape index (κ1) is 25.0. The third kappa shape index (κ3) is 5.66. The monoisotopic (exact) mass is 504 g/mol. The fourth-order valence-corrected chi connectivity index (χ4v) is 5.40. The van der Waals surface area contributed by atoms with Crippen molar-refractivity contribution in [2.75, 3.05) is 22.7 Å². The molecule has 0 amide bonds. The highest BCUT2D eigenvalue weighted by atomic mass is 32.2. The van der Waals surface area contributed by atoms with Gasteiger partial charge in [0.25, 0.3) is 21.5 Å². The summed E-state index contributed by atoms with van der Waals surface area (Å²) in [5.41, 5.74) is 4.20. The van der Waals surface area contributed by atoms with E-state index < -0.39 is 45.7 Å². The Morgan fingerprint density at radius 1 is 1.30 bits per heavy atom. The van der Waals surface area contributed by atoms with E-state index in [1.807, 2.05) is 13.8 Å². The topological polar surface area (TPSA) is 129 Å². The van der Waals surface area contributed by atoms with Gasteiger partial charge in [-0.05, 0) is 41.8 Å². The third-order valence-corrected chi connectivity index (χ3v) is 7.54. The number of aliphatic hydroxyl groups is 1. The number of sulfonamides is 1. The van der Waals surface area contributed by atoms with E-state index in [4.69, 9.17) is 5.73 Å². The number of hydrogen-bond acceptors (Lipinski definition) is 7. The molecular weight excluding hydrogens is 481 g/mol. The quantitative estimate of drug-likeness (QED) is 0.433.